The van der Waals surface area contributed by atoms with Crippen LogP contribution in [0.3, 0.4) is 0 Å². The molecule has 0 unspecified atom stereocenters. The van der Waals surface area contributed by atoms with Gasteiger partial charge in [-0.3, -0.25) is 4.18 Å². The topological polar surface area (TPSA) is 97.4 Å². The first-order valence-electron chi connectivity index (χ1n) is 7.98. The van der Waals surface area contributed by atoms with Gasteiger partial charge in [-0.25, -0.2) is 4.79 Å². The first kappa shape index (κ1) is 22.0. The second-order valence-electron chi connectivity index (χ2n) is 5.84. The highest BCUT2D eigenvalue weighted by Gasteiger charge is 2.24. The Balaban J connectivity index is 1.93. The molecule has 0 saturated carbocycles. The molecule has 0 heterocycles. The summed E-state index contributed by atoms with van der Waals surface area (Å²) in [6, 6.07) is 13.4. The third-order valence-corrected chi connectivity index (χ3v) is 7.41. The average Bonchev–Trinajstić information content (AvgIpc) is 2.66. The van der Waals surface area contributed by atoms with Crippen LogP contribution in [0.5, 0.6) is 11.5 Å². The number of hydrogen-bond donors (Lipinski definition) is 0. The Bertz CT molecular complexity index is 890. The fourth-order valence-corrected chi connectivity index (χ4v) is 5.10. The van der Waals surface area contributed by atoms with Gasteiger partial charge in [0.05, 0.1) is 14.2 Å². The van der Waals surface area contributed by atoms with E-state index in [-0.39, 0.29) is 12.4 Å². The minimum absolute atomic E-state index is 0.0564. The molecule has 28 heavy (non-hydrogen) atoms. The van der Waals surface area contributed by atoms with Crippen molar-refractivity contribution in [2.45, 2.75) is 11.5 Å². The van der Waals surface area contributed by atoms with Crippen molar-refractivity contribution >= 4 is 26.9 Å². The summed E-state index contributed by atoms with van der Waals surface area (Å²) in [5.74, 6) is 0.965. The van der Waals surface area contributed by atoms with Crippen LogP contribution in [-0.4, -0.2) is 41.3 Å². The van der Waals surface area contributed by atoms with E-state index in [0.717, 1.165) is 12.7 Å². The highest BCUT2D eigenvalue weighted by molar-refractivity contribution is 8.31. The van der Waals surface area contributed by atoms with Crippen LogP contribution in [0.1, 0.15) is 5.56 Å². The maximum atomic E-state index is 11.8. The normalized spacial score (nSPS) is 12.3. The van der Waals surface area contributed by atoms with Gasteiger partial charge in [-0.1, -0.05) is 22.4 Å². The van der Waals surface area contributed by atoms with Gasteiger partial charge in [0.15, 0.2) is 0 Å². The lowest BCUT2D eigenvalue weighted by Crippen LogP contribution is -2.12. The van der Waals surface area contributed by atoms with E-state index in [1.807, 2.05) is 0 Å². The zero-order chi connectivity index (χ0) is 20.8. The molecule has 0 N–H and O–H groups in total. The first-order chi connectivity index (χ1) is 13.1. The zero-order valence-corrected chi connectivity index (χ0v) is 17.5. The molecule has 0 bridgehead atoms. The van der Waals surface area contributed by atoms with Gasteiger partial charge in [-0.2, -0.15) is 12.0 Å². The average molecular weight is 431 g/mol. The summed E-state index contributed by atoms with van der Waals surface area (Å²) in [6.45, 7) is 0.0564. The van der Waals surface area contributed by atoms with Gasteiger partial charge in [0.2, 0.25) is 0 Å². The van der Waals surface area contributed by atoms with Gasteiger partial charge >= 0.3 is 16.6 Å². The molecule has 2 aromatic rings. The fourth-order valence-electron chi connectivity index (χ4n) is 2.10. The Morgan fingerprint density at radius 1 is 0.893 bits per heavy atom. The smallest absolute Gasteiger partial charge is 0.497 e. The van der Waals surface area contributed by atoms with E-state index in [9.17, 15) is 13.2 Å². The van der Waals surface area contributed by atoms with Gasteiger partial charge in [0, 0.05) is 4.90 Å². The second-order valence-corrected chi connectivity index (χ2v) is 10.5. The third kappa shape index (κ3) is 6.41. The van der Waals surface area contributed by atoms with Crippen LogP contribution in [0.2, 0.25) is 0 Å². The van der Waals surface area contributed by atoms with Crippen molar-refractivity contribution in [3.63, 3.8) is 0 Å². The number of methoxy groups -OCH3 is 1. The largest absolute Gasteiger partial charge is 0.514 e. The van der Waals surface area contributed by atoms with E-state index < -0.39 is 26.9 Å². The minimum Gasteiger partial charge on any atom is -0.497 e. The van der Waals surface area contributed by atoms with Crippen molar-refractivity contribution in [3.05, 3.63) is 54.1 Å². The van der Waals surface area contributed by atoms with E-state index in [4.69, 9.17) is 17.8 Å². The van der Waals surface area contributed by atoms with E-state index in [1.165, 1.54) is 12.1 Å². The lowest BCUT2D eigenvalue weighted by molar-refractivity contribution is 0.0927. The molecule has 10 heteroatoms. The van der Waals surface area contributed by atoms with Crippen LogP contribution >= 0.6 is 10.3 Å². The summed E-state index contributed by atoms with van der Waals surface area (Å²) < 4.78 is 47.7. The molecule has 0 fully saturated rings. The van der Waals surface area contributed by atoms with Gasteiger partial charge < -0.3 is 14.2 Å². The molecular weight excluding hydrogens is 408 g/mol. The molecule has 0 aliphatic rings. The predicted molar refractivity (Wildman–Crippen MR) is 105 cm³/mol. The van der Waals surface area contributed by atoms with Gasteiger partial charge in [0.1, 0.15) is 18.1 Å². The molecule has 0 amide bonds. The highest BCUT2D eigenvalue weighted by Crippen LogP contribution is 2.51. The van der Waals surface area contributed by atoms with Crippen LogP contribution < -0.4 is 9.47 Å². The molecule has 0 aliphatic carbocycles. The van der Waals surface area contributed by atoms with Gasteiger partial charge in [0.25, 0.3) is 0 Å². The molecule has 2 aromatic carbocycles. The van der Waals surface area contributed by atoms with Gasteiger partial charge in [-0.15, -0.1) is 0 Å². The molecule has 0 saturated heterocycles. The summed E-state index contributed by atoms with van der Waals surface area (Å²) in [4.78, 5) is 12.5. The predicted octanol–water partition coefficient (Wildman–Crippen LogP) is 3.66. The molecule has 8 nitrogen and oxygen atoms in total. The Morgan fingerprint density at radius 3 is 2.00 bits per heavy atom. The summed E-state index contributed by atoms with van der Waals surface area (Å²) in [5, 5.41) is 0. The standard InChI is InChI=1S/C18H22O8S2/c1-22-15-7-5-14(6-8-15)13-24-18(19)25-16-9-11-17(12-10-16)27(3,4)26-28(20,21)23-2/h5-12H,13H2,1-4H3. The van der Waals surface area contributed by atoms with Gasteiger partial charge in [-0.05, 0) is 54.5 Å². The Kier molecular flexibility index (Phi) is 7.30. The van der Waals surface area contributed by atoms with Crippen LogP contribution in [0.25, 0.3) is 0 Å². The maximum absolute atomic E-state index is 11.8. The van der Waals surface area contributed by atoms with E-state index in [0.29, 0.717) is 10.6 Å². The number of benzene rings is 2. The number of ether oxygens (including phenoxy) is 3. The molecule has 0 atom stereocenters. The number of rotatable bonds is 8. The molecule has 154 valence electrons. The fraction of sp³-hybridized carbons (Fsp3) is 0.278. The molecule has 0 spiro atoms. The SMILES string of the molecule is COc1ccc(COC(=O)Oc2ccc(S(C)(C)OS(=O)(=O)OC)cc2)cc1. The van der Waals surface area contributed by atoms with Crippen molar-refractivity contribution in [1.29, 1.82) is 0 Å². The molecule has 0 radical (unpaired) electrons. The van der Waals surface area contributed by atoms with Crippen molar-refractivity contribution in [2.75, 3.05) is 26.7 Å². The van der Waals surface area contributed by atoms with E-state index in [2.05, 4.69) is 4.18 Å². The van der Waals surface area contributed by atoms with Crippen molar-refractivity contribution in [1.82, 2.24) is 0 Å². The lowest BCUT2D eigenvalue weighted by atomic mass is 10.2. The minimum atomic E-state index is -4.07. The number of hydrogen-bond acceptors (Lipinski definition) is 8. The molecular formula is C18H22O8S2. The van der Waals surface area contributed by atoms with Crippen LogP contribution in [-0.2, 0) is 29.6 Å². The Hall–Kier alpha value is -2.27. The van der Waals surface area contributed by atoms with E-state index in [1.54, 1.807) is 56.0 Å². The molecule has 0 aromatic heterocycles. The summed E-state index contributed by atoms with van der Waals surface area (Å²) in [6.07, 6.45) is 2.46. The summed E-state index contributed by atoms with van der Waals surface area (Å²) in [7, 11) is -3.60. The van der Waals surface area contributed by atoms with E-state index >= 15 is 0 Å². The van der Waals surface area contributed by atoms with Crippen LogP contribution in [0.4, 0.5) is 4.79 Å². The second kappa shape index (κ2) is 9.28. The quantitative estimate of drug-likeness (QED) is 0.462. The van der Waals surface area contributed by atoms with Crippen molar-refractivity contribution in [3.8, 4) is 11.5 Å². The summed E-state index contributed by atoms with van der Waals surface area (Å²) in [5.41, 5.74) is 0.787. The van der Waals surface area contributed by atoms with Crippen LogP contribution in [0, 0.1) is 0 Å². The molecule has 2 rings (SSSR count). The zero-order valence-electron chi connectivity index (χ0n) is 15.9. The number of carbonyl (C=O) groups excluding carboxylic acids is 1. The maximum Gasteiger partial charge on any atom is 0.514 e. The number of carbonyl (C=O) groups is 1. The van der Waals surface area contributed by atoms with Crippen LogP contribution in [0.15, 0.2) is 53.4 Å². The monoisotopic (exact) mass is 430 g/mol. The van der Waals surface area contributed by atoms with Crippen molar-refractivity contribution < 1.29 is 35.2 Å². The Labute approximate surface area is 166 Å². The first-order valence-corrected chi connectivity index (χ1v) is 11.7. The lowest BCUT2D eigenvalue weighted by Gasteiger charge is -2.29. The van der Waals surface area contributed by atoms with Crippen molar-refractivity contribution in [2.24, 2.45) is 0 Å². The Morgan fingerprint density at radius 2 is 1.46 bits per heavy atom. The third-order valence-electron chi connectivity index (χ3n) is 3.57. The highest BCUT2D eigenvalue weighted by atomic mass is 32.3. The summed E-state index contributed by atoms with van der Waals surface area (Å²) >= 11 is 0. The molecule has 0 aliphatic heterocycles.